The van der Waals surface area contributed by atoms with Crippen molar-refractivity contribution in [1.82, 2.24) is 14.9 Å². The molecule has 3 nitrogen and oxygen atoms in total. The van der Waals surface area contributed by atoms with Crippen LogP contribution in [-0.4, -0.2) is 22.1 Å². The minimum absolute atomic E-state index is 0.582. The molecule has 1 heterocycles. The molecule has 0 amide bonds. The highest BCUT2D eigenvalue weighted by Crippen LogP contribution is 2.36. The van der Waals surface area contributed by atoms with E-state index in [0.29, 0.717) is 12.0 Å². The lowest BCUT2D eigenvalue weighted by Gasteiger charge is -2.32. The average Bonchev–Trinajstić information content (AvgIpc) is 2.73. The highest BCUT2D eigenvalue weighted by Gasteiger charge is 2.28. The topological polar surface area (TPSA) is 29.9 Å². The second kappa shape index (κ2) is 5.67. The van der Waals surface area contributed by atoms with Crippen LogP contribution in [0.5, 0.6) is 0 Å². The summed E-state index contributed by atoms with van der Waals surface area (Å²) in [6.45, 7) is 5.58. The van der Waals surface area contributed by atoms with E-state index in [1.807, 2.05) is 6.20 Å². The molecule has 96 valence electrons. The van der Waals surface area contributed by atoms with Gasteiger partial charge in [-0.1, -0.05) is 26.7 Å². The predicted molar refractivity (Wildman–Crippen MR) is 71.0 cm³/mol. The van der Waals surface area contributed by atoms with Gasteiger partial charge in [0.15, 0.2) is 0 Å². The molecule has 0 saturated heterocycles. The lowest BCUT2D eigenvalue weighted by molar-refractivity contribution is 0.277. The normalized spacial score (nSPS) is 25.4. The van der Waals surface area contributed by atoms with Gasteiger partial charge in [-0.3, -0.25) is 0 Å². The molecule has 0 bridgehead atoms. The van der Waals surface area contributed by atoms with Crippen molar-refractivity contribution in [2.24, 2.45) is 13.0 Å². The van der Waals surface area contributed by atoms with Gasteiger partial charge in [-0.2, -0.15) is 0 Å². The standard InChI is InChI=1S/C14H25N3/c1-11(2)16-10-12-6-4-5-7-13(12)14-15-8-9-17(14)3/h8-9,11-13,16H,4-7,10H2,1-3H3. The molecule has 1 fully saturated rings. The zero-order valence-corrected chi connectivity index (χ0v) is 11.3. The molecule has 0 spiro atoms. The summed E-state index contributed by atoms with van der Waals surface area (Å²) in [7, 11) is 2.11. The van der Waals surface area contributed by atoms with Crippen LogP contribution in [0.3, 0.4) is 0 Å². The lowest BCUT2D eigenvalue weighted by atomic mass is 9.78. The van der Waals surface area contributed by atoms with Crippen LogP contribution in [-0.2, 0) is 7.05 Å². The summed E-state index contributed by atoms with van der Waals surface area (Å²) in [6.07, 6.45) is 9.38. The number of rotatable bonds is 4. The van der Waals surface area contributed by atoms with Crippen molar-refractivity contribution in [3.8, 4) is 0 Å². The van der Waals surface area contributed by atoms with E-state index in [1.165, 1.54) is 31.5 Å². The Morgan fingerprint density at radius 1 is 1.41 bits per heavy atom. The maximum atomic E-state index is 4.55. The maximum absolute atomic E-state index is 4.55. The van der Waals surface area contributed by atoms with Gasteiger partial charge in [-0.25, -0.2) is 4.98 Å². The van der Waals surface area contributed by atoms with Crippen LogP contribution in [0.1, 0.15) is 51.3 Å². The molecule has 2 atom stereocenters. The Labute approximate surface area is 105 Å². The monoisotopic (exact) mass is 235 g/mol. The van der Waals surface area contributed by atoms with Crippen molar-refractivity contribution in [3.63, 3.8) is 0 Å². The molecule has 17 heavy (non-hydrogen) atoms. The molecule has 1 aliphatic carbocycles. The minimum Gasteiger partial charge on any atom is -0.338 e. The number of nitrogens with one attached hydrogen (secondary N) is 1. The molecule has 2 unspecified atom stereocenters. The molecule has 1 saturated carbocycles. The van der Waals surface area contributed by atoms with E-state index < -0.39 is 0 Å². The number of imidazole rings is 1. The van der Waals surface area contributed by atoms with Gasteiger partial charge in [0, 0.05) is 31.4 Å². The summed E-state index contributed by atoms with van der Waals surface area (Å²) in [6, 6.07) is 0.582. The van der Waals surface area contributed by atoms with Gasteiger partial charge < -0.3 is 9.88 Å². The second-order valence-corrected chi connectivity index (χ2v) is 5.61. The summed E-state index contributed by atoms with van der Waals surface area (Å²) in [5, 5.41) is 3.59. The van der Waals surface area contributed by atoms with Gasteiger partial charge in [-0.05, 0) is 25.3 Å². The molecule has 0 radical (unpaired) electrons. The summed E-state index contributed by atoms with van der Waals surface area (Å²) in [5.41, 5.74) is 0. The van der Waals surface area contributed by atoms with Crippen LogP contribution in [0.25, 0.3) is 0 Å². The summed E-state index contributed by atoms with van der Waals surface area (Å²) >= 11 is 0. The van der Waals surface area contributed by atoms with E-state index >= 15 is 0 Å². The molecular weight excluding hydrogens is 210 g/mol. The van der Waals surface area contributed by atoms with E-state index in [4.69, 9.17) is 0 Å². The molecule has 3 heteroatoms. The number of hydrogen-bond donors (Lipinski definition) is 1. The van der Waals surface area contributed by atoms with Crippen molar-refractivity contribution in [2.75, 3.05) is 6.54 Å². The fourth-order valence-electron chi connectivity index (χ4n) is 2.91. The largest absolute Gasteiger partial charge is 0.338 e. The Morgan fingerprint density at radius 2 is 2.18 bits per heavy atom. The third-order valence-corrected chi connectivity index (χ3v) is 3.89. The van der Waals surface area contributed by atoms with Gasteiger partial charge >= 0.3 is 0 Å². The maximum Gasteiger partial charge on any atom is 0.111 e. The van der Waals surface area contributed by atoms with Crippen LogP contribution < -0.4 is 5.32 Å². The Kier molecular flexibility index (Phi) is 4.21. The Hall–Kier alpha value is -0.830. The fraction of sp³-hybridized carbons (Fsp3) is 0.786. The van der Waals surface area contributed by atoms with Crippen LogP contribution >= 0.6 is 0 Å². The first kappa shape index (κ1) is 12.6. The van der Waals surface area contributed by atoms with Crippen LogP contribution in [0, 0.1) is 5.92 Å². The summed E-state index contributed by atoms with van der Waals surface area (Å²) in [4.78, 5) is 4.55. The van der Waals surface area contributed by atoms with Gasteiger partial charge in [0.05, 0.1) is 0 Å². The van der Waals surface area contributed by atoms with E-state index in [9.17, 15) is 0 Å². The Morgan fingerprint density at radius 3 is 2.82 bits per heavy atom. The molecule has 1 aliphatic rings. The minimum atomic E-state index is 0.582. The zero-order valence-electron chi connectivity index (χ0n) is 11.3. The highest BCUT2D eigenvalue weighted by molar-refractivity contribution is 5.04. The first-order valence-corrected chi connectivity index (χ1v) is 6.89. The van der Waals surface area contributed by atoms with E-state index in [1.54, 1.807) is 0 Å². The average molecular weight is 235 g/mol. The van der Waals surface area contributed by atoms with Crippen molar-refractivity contribution < 1.29 is 0 Å². The number of nitrogens with zero attached hydrogens (tertiary/aromatic N) is 2. The summed E-state index contributed by atoms with van der Waals surface area (Å²) < 4.78 is 2.19. The van der Waals surface area contributed by atoms with E-state index in [0.717, 1.165) is 12.5 Å². The molecular formula is C14H25N3. The van der Waals surface area contributed by atoms with Crippen LogP contribution in [0.4, 0.5) is 0 Å². The molecule has 2 rings (SSSR count). The predicted octanol–water partition coefficient (Wildman–Crippen LogP) is 2.69. The lowest BCUT2D eigenvalue weighted by Crippen LogP contribution is -2.34. The van der Waals surface area contributed by atoms with E-state index in [2.05, 4.69) is 42.0 Å². The Balaban J connectivity index is 2.04. The van der Waals surface area contributed by atoms with Crippen molar-refractivity contribution >= 4 is 0 Å². The molecule has 0 aromatic carbocycles. The highest BCUT2D eigenvalue weighted by atomic mass is 15.0. The second-order valence-electron chi connectivity index (χ2n) is 5.61. The molecule has 1 aromatic rings. The third kappa shape index (κ3) is 3.09. The molecule has 1 N–H and O–H groups in total. The first-order chi connectivity index (χ1) is 8.18. The van der Waals surface area contributed by atoms with Gasteiger partial charge in [0.2, 0.25) is 0 Å². The van der Waals surface area contributed by atoms with Crippen LogP contribution in [0.2, 0.25) is 0 Å². The van der Waals surface area contributed by atoms with Gasteiger partial charge in [0.25, 0.3) is 0 Å². The van der Waals surface area contributed by atoms with Gasteiger partial charge in [0.1, 0.15) is 5.82 Å². The third-order valence-electron chi connectivity index (χ3n) is 3.89. The fourth-order valence-corrected chi connectivity index (χ4v) is 2.91. The number of aromatic nitrogens is 2. The molecule has 1 aromatic heterocycles. The summed E-state index contributed by atoms with van der Waals surface area (Å²) in [5.74, 6) is 2.68. The van der Waals surface area contributed by atoms with Crippen molar-refractivity contribution in [2.45, 2.75) is 51.5 Å². The quantitative estimate of drug-likeness (QED) is 0.869. The van der Waals surface area contributed by atoms with E-state index in [-0.39, 0.29) is 0 Å². The Bertz CT molecular complexity index is 343. The van der Waals surface area contributed by atoms with Crippen LogP contribution in [0.15, 0.2) is 12.4 Å². The molecule has 0 aliphatic heterocycles. The number of aryl methyl sites for hydroxylation is 1. The van der Waals surface area contributed by atoms with Crippen molar-refractivity contribution in [3.05, 3.63) is 18.2 Å². The first-order valence-electron chi connectivity index (χ1n) is 6.89. The SMILES string of the molecule is CC(C)NCC1CCCCC1c1nccn1C. The smallest absolute Gasteiger partial charge is 0.111 e. The van der Waals surface area contributed by atoms with Gasteiger partial charge in [-0.15, -0.1) is 0 Å². The van der Waals surface area contributed by atoms with Crippen molar-refractivity contribution in [1.29, 1.82) is 0 Å². The zero-order chi connectivity index (χ0) is 12.3. The number of hydrogen-bond acceptors (Lipinski definition) is 2.